The van der Waals surface area contributed by atoms with Crippen LogP contribution in [0, 0.1) is 0 Å². The molecule has 0 unspecified atom stereocenters. The SMILES string of the molecule is COc1cc(CCCc2oc(=O)n(Cc3coc(-c4ccccc4)n3)c2O)ccc1OCc1coc(C=Cc2ccccc2)n1. The van der Waals surface area contributed by atoms with Gasteiger partial charge in [-0.1, -0.05) is 54.6 Å². The van der Waals surface area contributed by atoms with Gasteiger partial charge in [-0.25, -0.2) is 19.3 Å². The normalized spacial score (nSPS) is 11.3. The molecule has 6 rings (SSSR count). The Morgan fingerprint density at radius 3 is 2.44 bits per heavy atom. The van der Waals surface area contributed by atoms with Gasteiger partial charge in [-0.2, -0.15) is 0 Å². The van der Waals surface area contributed by atoms with Crippen LogP contribution in [-0.2, 0) is 26.0 Å². The van der Waals surface area contributed by atoms with Crippen molar-refractivity contribution in [2.24, 2.45) is 0 Å². The van der Waals surface area contributed by atoms with E-state index >= 15 is 0 Å². The summed E-state index contributed by atoms with van der Waals surface area (Å²) in [6.07, 6.45) is 8.44. The number of nitrogens with zero attached hydrogens (tertiary/aromatic N) is 3. The molecule has 0 spiro atoms. The van der Waals surface area contributed by atoms with Gasteiger partial charge in [0.05, 0.1) is 19.3 Å². The third-order valence-corrected chi connectivity index (χ3v) is 7.09. The van der Waals surface area contributed by atoms with E-state index in [4.69, 9.17) is 22.7 Å². The molecule has 3 heterocycles. The number of aromatic hydroxyl groups is 1. The van der Waals surface area contributed by atoms with Crippen molar-refractivity contribution in [1.29, 1.82) is 0 Å². The number of hydrogen-bond donors (Lipinski definition) is 1. The fourth-order valence-electron chi connectivity index (χ4n) is 4.79. The lowest BCUT2D eigenvalue weighted by Crippen LogP contribution is -2.14. The summed E-state index contributed by atoms with van der Waals surface area (Å²) in [4.78, 5) is 21.4. The standard InChI is InChI=1S/C35H31N3O7/c1-41-31-19-25(15-17-29(31)42-22-28-23-43-32(36-28)18-16-24-9-4-2-5-10-24)11-8-14-30-34(39)38(35(40)45-30)20-27-21-44-33(37-27)26-12-6-3-7-13-26/h2-7,9-10,12-13,15-19,21,23,39H,8,11,14,20,22H2,1H3. The zero-order valence-electron chi connectivity index (χ0n) is 24.6. The van der Waals surface area contributed by atoms with Gasteiger partial charge in [0.2, 0.25) is 17.7 Å². The number of aromatic nitrogens is 3. The van der Waals surface area contributed by atoms with Crippen molar-refractivity contribution in [3.8, 4) is 28.8 Å². The molecule has 0 aliphatic rings. The van der Waals surface area contributed by atoms with E-state index in [1.807, 2.05) is 91.0 Å². The van der Waals surface area contributed by atoms with Gasteiger partial charge < -0.3 is 27.8 Å². The van der Waals surface area contributed by atoms with Crippen molar-refractivity contribution in [3.63, 3.8) is 0 Å². The number of aryl methyl sites for hydroxylation is 2. The number of ether oxygens (including phenoxy) is 2. The van der Waals surface area contributed by atoms with Crippen molar-refractivity contribution in [1.82, 2.24) is 14.5 Å². The molecule has 10 heteroatoms. The fraction of sp³-hybridized carbons (Fsp3) is 0.171. The topological polar surface area (TPSA) is 126 Å². The van der Waals surface area contributed by atoms with Crippen LogP contribution in [0.1, 0.15) is 40.6 Å². The molecule has 3 aromatic carbocycles. The van der Waals surface area contributed by atoms with E-state index in [-0.39, 0.29) is 24.8 Å². The molecule has 0 amide bonds. The van der Waals surface area contributed by atoms with Gasteiger partial charge in [-0.15, -0.1) is 0 Å². The van der Waals surface area contributed by atoms with Gasteiger partial charge in [-0.05, 0) is 54.3 Å². The molecule has 0 bridgehead atoms. The van der Waals surface area contributed by atoms with Crippen molar-refractivity contribution < 1.29 is 27.8 Å². The summed E-state index contributed by atoms with van der Waals surface area (Å²) >= 11 is 0. The van der Waals surface area contributed by atoms with Gasteiger partial charge >= 0.3 is 5.76 Å². The molecule has 0 aliphatic carbocycles. The molecule has 0 aliphatic heterocycles. The van der Waals surface area contributed by atoms with Crippen LogP contribution >= 0.6 is 0 Å². The first kappa shape index (κ1) is 29.3. The fourth-order valence-corrected chi connectivity index (χ4v) is 4.79. The second kappa shape index (κ2) is 13.7. The smallest absolute Gasteiger partial charge is 0.422 e. The van der Waals surface area contributed by atoms with Crippen LogP contribution in [0.2, 0.25) is 0 Å². The molecular formula is C35H31N3O7. The molecule has 1 N–H and O–H groups in total. The Morgan fingerprint density at radius 1 is 0.867 bits per heavy atom. The average Bonchev–Trinajstić information content (AvgIpc) is 3.81. The number of oxazole rings is 3. The first-order valence-corrected chi connectivity index (χ1v) is 14.4. The molecule has 3 aromatic heterocycles. The van der Waals surface area contributed by atoms with Gasteiger partial charge in [0.15, 0.2) is 17.3 Å². The van der Waals surface area contributed by atoms with Crippen molar-refractivity contribution in [2.45, 2.75) is 32.4 Å². The van der Waals surface area contributed by atoms with Gasteiger partial charge in [0.25, 0.3) is 0 Å². The predicted octanol–water partition coefficient (Wildman–Crippen LogP) is 6.77. The summed E-state index contributed by atoms with van der Waals surface area (Å²) in [5.41, 5.74) is 4.03. The predicted molar refractivity (Wildman–Crippen MR) is 167 cm³/mol. The molecular weight excluding hydrogens is 574 g/mol. The van der Waals surface area contributed by atoms with Crippen LogP contribution in [0.4, 0.5) is 0 Å². The summed E-state index contributed by atoms with van der Waals surface area (Å²) in [6, 6.07) is 25.1. The monoisotopic (exact) mass is 605 g/mol. The summed E-state index contributed by atoms with van der Waals surface area (Å²) < 4.78 is 29.1. The summed E-state index contributed by atoms with van der Waals surface area (Å²) in [5.74, 6) is 1.46. The second-order valence-electron chi connectivity index (χ2n) is 10.3. The zero-order valence-corrected chi connectivity index (χ0v) is 24.6. The van der Waals surface area contributed by atoms with Crippen LogP contribution < -0.4 is 15.2 Å². The van der Waals surface area contributed by atoms with E-state index in [0.717, 1.165) is 21.3 Å². The third-order valence-electron chi connectivity index (χ3n) is 7.09. The van der Waals surface area contributed by atoms with Crippen LogP contribution in [0.5, 0.6) is 17.4 Å². The molecule has 0 fully saturated rings. The van der Waals surface area contributed by atoms with E-state index in [2.05, 4.69) is 9.97 Å². The van der Waals surface area contributed by atoms with E-state index in [9.17, 15) is 9.90 Å². The minimum Gasteiger partial charge on any atom is -0.493 e. The largest absolute Gasteiger partial charge is 0.493 e. The van der Waals surface area contributed by atoms with Crippen LogP contribution in [0.15, 0.2) is 109 Å². The number of benzene rings is 3. The quantitative estimate of drug-likeness (QED) is 0.152. The van der Waals surface area contributed by atoms with Crippen LogP contribution in [-0.4, -0.2) is 26.8 Å². The van der Waals surface area contributed by atoms with E-state index in [0.29, 0.717) is 53.9 Å². The van der Waals surface area contributed by atoms with E-state index in [1.165, 1.54) is 6.26 Å². The highest BCUT2D eigenvalue weighted by Crippen LogP contribution is 2.30. The first-order chi connectivity index (χ1) is 22.1. The number of hydrogen-bond acceptors (Lipinski definition) is 9. The molecule has 228 valence electrons. The number of rotatable bonds is 13. The zero-order chi connectivity index (χ0) is 31.0. The lowest BCUT2D eigenvalue weighted by atomic mass is 10.1. The molecule has 10 nitrogen and oxygen atoms in total. The Morgan fingerprint density at radius 2 is 1.64 bits per heavy atom. The second-order valence-corrected chi connectivity index (χ2v) is 10.3. The Balaban J connectivity index is 1.02. The van der Waals surface area contributed by atoms with Gasteiger partial charge in [0, 0.05) is 18.1 Å². The Hall–Kier alpha value is -5.77. The maximum atomic E-state index is 12.5. The molecule has 45 heavy (non-hydrogen) atoms. The summed E-state index contributed by atoms with van der Waals surface area (Å²) in [7, 11) is 1.58. The van der Waals surface area contributed by atoms with E-state index in [1.54, 1.807) is 13.4 Å². The van der Waals surface area contributed by atoms with Crippen molar-refractivity contribution >= 4 is 12.2 Å². The highest BCUT2D eigenvalue weighted by Gasteiger charge is 2.18. The maximum Gasteiger partial charge on any atom is 0.422 e. The Labute approximate surface area is 258 Å². The molecule has 6 aromatic rings. The maximum absolute atomic E-state index is 12.5. The van der Waals surface area contributed by atoms with Crippen molar-refractivity contribution in [2.75, 3.05) is 7.11 Å². The summed E-state index contributed by atoms with van der Waals surface area (Å²) in [5, 5.41) is 10.7. The Kier molecular flexibility index (Phi) is 8.91. The van der Waals surface area contributed by atoms with Crippen LogP contribution in [0.3, 0.4) is 0 Å². The van der Waals surface area contributed by atoms with Crippen molar-refractivity contribution in [3.05, 3.63) is 136 Å². The lowest BCUT2D eigenvalue weighted by molar-refractivity contribution is 0.280. The van der Waals surface area contributed by atoms with Gasteiger partial charge in [0.1, 0.15) is 24.8 Å². The molecule has 0 saturated carbocycles. The molecule has 0 radical (unpaired) electrons. The minimum atomic E-state index is -0.651. The minimum absolute atomic E-state index is 0.0310. The number of methoxy groups -OCH3 is 1. The molecule has 0 atom stereocenters. The third kappa shape index (κ3) is 7.24. The first-order valence-electron chi connectivity index (χ1n) is 14.4. The van der Waals surface area contributed by atoms with E-state index < -0.39 is 5.76 Å². The molecule has 0 saturated heterocycles. The summed E-state index contributed by atoms with van der Waals surface area (Å²) in [6.45, 7) is 0.249. The highest BCUT2D eigenvalue weighted by molar-refractivity contribution is 5.65. The van der Waals surface area contributed by atoms with Crippen LogP contribution in [0.25, 0.3) is 23.6 Å². The lowest BCUT2D eigenvalue weighted by Gasteiger charge is -2.11. The highest BCUT2D eigenvalue weighted by atomic mass is 16.5. The van der Waals surface area contributed by atoms with Gasteiger partial charge in [-0.3, -0.25) is 0 Å². The average molecular weight is 606 g/mol. The Bertz CT molecular complexity index is 1930.